The molecule has 31 heavy (non-hydrogen) atoms. The average molecular weight is 445 g/mol. The van der Waals surface area contributed by atoms with Crippen LogP contribution in [0.15, 0.2) is 18.2 Å². The van der Waals surface area contributed by atoms with Crippen molar-refractivity contribution in [3.8, 4) is 11.4 Å². The number of pyridine rings is 1. The number of halogens is 1. The number of nitrogens with zero attached hydrogens (tertiary/aromatic N) is 5. The molecule has 4 rings (SSSR count). The number of nitrogen functional groups attached to an aromatic ring is 1. The minimum Gasteiger partial charge on any atom is -0.384 e. The van der Waals surface area contributed by atoms with Crippen molar-refractivity contribution in [2.75, 3.05) is 43.5 Å². The number of amides is 1. The second-order valence-corrected chi connectivity index (χ2v) is 8.59. The van der Waals surface area contributed by atoms with Crippen LogP contribution in [-0.2, 0) is 9.53 Å². The summed E-state index contributed by atoms with van der Waals surface area (Å²) in [5.41, 5.74) is 7.67. The maximum absolute atomic E-state index is 12.1. The number of nitrogens with two attached hydrogens (primary N) is 1. The topological polar surface area (TPSA) is 97.5 Å². The molecule has 1 unspecified atom stereocenters. The van der Waals surface area contributed by atoms with Crippen LogP contribution in [0.4, 0.5) is 11.6 Å². The van der Waals surface area contributed by atoms with Crippen molar-refractivity contribution in [3.05, 3.63) is 29.0 Å². The van der Waals surface area contributed by atoms with E-state index in [9.17, 15) is 4.79 Å². The summed E-state index contributed by atoms with van der Waals surface area (Å²) >= 11 is 6.15. The highest BCUT2D eigenvalue weighted by atomic mass is 35.5. The van der Waals surface area contributed by atoms with Crippen LogP contribution in [0.5, 0.6) is 0 Å². The zero-order valence-electron chi connectivity index (χ0n) is 18.1. The molecule has 166 valence electrons. The molecule has 2 aromatic rings. The molecule has 0 aliphatic carbocycles. The molecule has 1 atom stereocenters. The fourth-order valence-corrected chi connectivity index (χ4v) is 4.52. The fourth-order valence-electron chi connectivity index (χ4n) is 4.30. The van der Waals surface area contributed by atoms with E-state index in [1.165, 1.54) is 0 Å². The summed E-state index contributed by atoms with van der Waals surface area (Å²) in [5.74, 6) is 2.30. The molecular weight excluding hydrogens is 416 g/mol. The van der Waals surface area contributed by atoms with Crippen molar-refractivity contribution < 1.29 is 9.53 Å². The second-order valence-electron chi connectivity index (χ2n) is 8.20. The zero-order valence-corrected chi connectivity index (χ0v) is 18.8. The van der Waals surface area contributed by atoms with Crippen LogP contribution in [0.1, 0.15) is 44.7 Å². The molecule has 4 heterocycles. The highest BCUT2D eigenvalue weighted by molar-refractivity contribution is 6.29. The minimum atomic E-state index is 0.214. The number of hydrogen-bond donors (Lipinski definition) is 1. The predicted octanol–water partition coefficient (Wildman–Crippen LogP) is 3.12. The summed E-state index contributed by atoms with van der Waals surface area (Å²) in [4.78, 5) is 30.1. The van der Waals surface area contributed by atoms with Gasteiger partial charge in [-0.1, -0.05) is 18.5 Å². The molecule has 2 N–H and O–H groups in total. The van der Waals surface area contributed by atoms with Crippen LogP contribution in [0.2, 0.25) is 5.15 Å². The number of ether oxygens (including phenoxy) is 1. The third kappa shape index (κ3) is 4.91. The van der Waals surface area contributed by atoms with Gasteiger partial charge in [0.25, 0.3) is 0 Å². The third-order valence-corrected chi connectivity index (χ3v) is 6.23. The highest BCUT2D eigenvalue weighted by Crippen LogP contribution is 2.32. The Morgan fingerprint density at radius 1 is 1.19 bits per heavy atom. The largest absolute Gasteiger partial charge is 0.384 e. The molecule has 2 saturated heterocycles. The van der Waals surface area contributed by atoms with Gasteiger partial charge in [0.05, 0.1) is 19.3 Å². The predicted molar refractivity (Wildman–Crippen MR) is 121 cm³/mol. The van der Waals surface area contributed by atoms with E-state index < -0.39 is 0 Å². The summed E-state index contributed by atoms with van der Waals surface area (Å²) in [6.45, 7) is 7.68. The van der Waals surface area contributed by atoms with Crippen molar-refractivity contribution in [1.82, 2.24) is 19.9 Å². The smallest absolute Gasteiger partial charge is 0.222 e. The lowest BCUT2D eigenvalue weighted by Gasteiger charge is -2.35. The monoisotopic (exact) mass is 444 g/mol. The normalized spacial score (nSPS) is 20.2. The Morgan fingerprint density at radius 2 is 1.97 bits per heavy atom. The van der Waals surface area contributed by atoms with Gasteiger partial charge in [0, 0.05) is 49.3 Å². The average Bonchev–Trinajstić information content (AvgIpc) is 2.78. The number of hydrogen-bond acceptors (Lipinski definition) is 7. The molecule has 0 aromatic carbocycles. The standard InChI is InChI=1S/C22H29ClN6O2/c1-3-21(30)28-6-4-15(5-7-28)17-12-20(29-8-9-31-13-14(29)2)27-22(25-17)16-10-18(23)26-19(24)11-16/h10-12,14-15H,3-9,13H2,1-2H3,(H2,24,26). The van der Waals surface area contributed by atoms with Crippen molar-refractivity contribution in [2.45, 2.75) is 45.1 Å². The van der Waals surface area contributed by atoms with Gasteiger partial charge in [-0.05, 0) is 31.9 Å². The van der Waals surface area contributed by atoms with Crippen molar-refractivity contribution in [2.24, 2.45) is 0 Å². The Bertz CT molecular complexity index is 927. The molecular formula is C22H29ClN6O2. The van der Waals surface area contributed by atoms with Gasteiger partial charge in [0.2, 0.25) is 5.91 Å². The molecule has 1 amide bonds. The summed E-state index contributed by atoms with van der Waals surface area (Å²) < 4.78 is 5.61. The molecule has 0 radical (unpaired) electrons. The van der Waals surface area contributed by atoms with Crippen molar-refractivity contribution in [1.29, 1.82) is 0 Å². The van der Waals surface area contributed by atoms with E-state index in [1.807, 2.05) is 11.8 Å². The lowest BCUT2D eigenvalue weighted by Crippen LogP contribution is -2.44. The van der Waals surface area contributed by atoms with E-state index in [0.717, 1.165) is 49.6 Å². The minimum absolute atomic E-state index is 0.214. The van der Waals surface area contributed by atoms with Gasteiger partial charge in [-0.3, -0.25) is 4.79 Å². The van der Waals surface area contributed by atoms with Crippen LogP contribution >= 0.6 is 11.6 Å². The molecule has 8 nitrogen and oxygen atoms in total. The number of carbonyl (C=O) groups is 1. The molecule has 2 aliphatic heterocycles. The molecule has 0 saturated carbocycles. The number of likely N-dealkylation sites (tertiary alicyclic amines) is 1. The number of carbonyl (C=O) groups excluding carboxylic acids is 1. The first-order chi connectivity index (χ1) is 14.9. The lowest BCUT2D eigenvalue weighted by molar-refractivity contribution is -0.131. The van der Waals surface area contributed by atoms with Crippen LogP contribution in [-0.4, -0.2) is 64.6 Å². The van der Waals surface area contributed by atoms with Gasteiger partial charge in [-0.15, -0.1) is 0 Å². The number of aromatic nitrogens is 3. The quantitative estimate of drug-likeness (QED) is 0.723. The molecule has 0 spiro atoms. The Kier molecular flexibility index (Phi) is 6.57. The van der Waals surface area contributed by atoms with E-state index in [2.05, 4.69) is 22.9 Å². The van der Waals surface area contributed by atoms with Crippen LogP contribution in [0.25, 0.3) is 11.4 Å². The van der Waals surface area contributed by atoms with Gasteiger partial charge in [-0.25, -0.2) is 15.0 Å². The Labute approximate surface area is 187 Å². The molecule has 0 bridgehead atoms. The second kappa shape index (κ2) is 9.36. The first-order valence-corrected chi connectivity index (χ1v) is 11.3. The number of piperidine rings is 1. The van der Waals surface area contributed by atoms with Crippen molar-refractivity contribution >= 4 is 29.1 Å². The maximum atomic E-state index is 12.1. The van der Waals surface area contributed by atoms with Gasteiger partial charge in [-0.2, -0.15) is 0 Å². The summed E-state index contributed by atoms with van der Waals surface area (Å²) in [5, 5.41) is 0.316. The fraction of sp³-hybridized carbons (Fsp3) is 0.545. The Morgan fingerprint density at radius 3 is 2.65 bits per heavy atom. The molecule has 2 aliphatic rings. The van der Waals surface area contributed by atoms with Gasteiger partial charge in [0.15, 0.2) is 5.82 Å². The summed E-state index contributed by atoms with van der Waals surface area (Å²) in [6.07, 6.45) is 2.32. The van der Waals surface area contributed by atoms with Gasteiger partial charge < -0.3 is 20.3 Å². The van der Waals surface area contributed by atoms with E-state index >= 15 is 0 Å². The Hall–Kier alpha value is -2.45. The molecule has 2 fully saturated rings. The summed E-state index contributed by atoms with van der Waals surface area (Å²) in [6, 6.07) is 5.81. The molecule has 2 aromatic heterocycles. The van der Waals surface area contributed by atoms with E-state index in [1.54, 1.807) is 12.1 Å². The Balaban J connectivity index is 1.69. The van der Waals surface area contributed by atoms with E-state index in [4.69, 9.17) is 32.0 Å². The highest BCUT2D eigenvalue weighted by Gasteiger charge is 2.27. The van der Waals surface area contributed by atoms with E-state index in [0.29, 0.717) is 36.4 Å². The first kappa shape index (κ1) is 21.8. The van der Waals surface area contributed by atoms with Gasteiger partial charge >= 0.3 is 0 Å². The SMILES string of the molecule is CCC(=O)N1CCC(c2cc(N3CCOCC3C)nc(-c3cc(N)nc(Cl)c3)n2)CC1. The van der Waals surface area contributed by atoms with E-state index in [-0.39, 0.29) is 17.9 Å². The zero-order chi connectivity index (χ0) is 22.0. The number of anilines is 2. The number of rotatable bonds is 4. The summed E-state index contributed by atoms with van der Waals surface area (Å²) in [7, 11) is 0. The molecule has 9 heteroatoms. The van der Waals surface area contributed by atoms with Gasteiger partial charge in [0.1, 0.15) is 16.8 Å². The van der Waals surface area contributed by atoms with Crippen molar-refractivity contribution in [3.63, 3.8) is 0 Å². The number of morpholine rings is 1. The maximum Gasteiger partial charge on any atom is 0.222 e. The third-order valence-electron chi connectivity index (χ3n) is 6.03. The van der Waals surface area contributed by atoms with Crippen LogP contribution in [0, 0.1) is 0 Å². The lowest BCUT2D eigenvalue weighted by atomic mass is 9.92. The van der Waals surface area contributed by atoms with Crippen LogP contribution < -0.4 is 10.6 Å². The first-order valence-electron chi connectivity index (χ1n) is 10.9. The van der Waals surface area contributed by atoms with Crippen LogP contribution in [0.3, 0.4) is 0 Å².